The highest BCUT2D eigenvalue weighted by Gasteiger charge is 2.14. The topological polar surface area (TPSA) is 72.9 Å². The van der Waals surface area contributed by atoms with Gasteiger partial charge in [0, 0.05) is 12.1 Å². The Labute approximate surface area is 137 Å². The molecule has 0 fully saturated rings. The lowest BCUT2D eigenvalue weighted by Gasteiger charge is -2.19. The largest absolute Gasteiger partial charge is 0.353 e. The molecule has 0 unspecified atom stereocenters. The van der Waals surface area contributed by atoms with Gasteiger partial charge in [-0.1, -0.05) is 12.1 Å². The van der Waals surface area contributed by atoms with E-state index in [2.05, 4.69) is 10.3 Å². The first kappa shape index (κ1) is 19.7. The molecular weight excluding hydrogens is 311 g/mol. The van der Waals surface area contributed by atoms with Crippen molar-refractivity contribution in [3.05, 3.63) is 30.1 Å². The number of carbonyl (C=O) groups is 1. The Kier molecular flexibility index (Phi) is 7.16. The van der Waals surface area contributed by atoms with Crippen LogP contribution in [0, 0.1) is 6.92 Å². The summed E-state index contributed by atoms with van der Waals surface area (Å²) in [6.07, 6.45) is 0. The third-order valence-corrected chi connectivity index (χ3v) is 2.89. The number of rotatable bonds is 4. The summed E-state index contributed by atoms with van der Waals surface area (Å²) < 4.78 is 1.91. The van der Waals surface area contributed by atoms with E-state index in [9.17, 15) is 4.79 Å². The summed E-state index contributed by atoms with van der Waals surface area (Å²) in [4.78, 5) is 16.4. The van der Waals surface area contributed by atoms with Crippen LogP contribution in [0.2, 0.25) is 0 Å². The van der Waals surface area contributed by atoms with Crippen LogP contribution in [-0.2, 0) is 11.3 Å². The van der Waals surface area contributed by atoms with Crippen LogP contribution in [0.5, 0.6) is 0 Å². The third kappa shape index (κ3) is 5.19. The van der Waals surface area contributed by atoms with Gasteiger partial charge in [-0.3, -0.25) is 4.79 Å². The number of benzene rings is 1. The van der Waals surface area contributed by atoms with E-state index in [0.717, 1.165) is 16.9 Å². The van der Waals surface area contributed by atoms with Crippen LogP contribution in [0.3, 0.4) is 0 Å². The zero-order valence-electron chi connectivity index (χ0n) is 12.4. The molecule has 5 nitrogen and oxygen atoms in total. The normalized spacial score (nSPS) is 10.7. The third-order valence-electron chi connectivity index (χ3n) is 2.89. The molecule has 0 aliphatic carbocycles. The maximum atomic E-state index is 11.9. The van der Waals surface area contributed by atoms with E-state index >= 15 is 0 Å². The number of amides is 1. The van der Waals surface area contributed by atoms with E-state index in [1.807, 2.05) is 49.6 Å². The number of halogens is 2. The Morgan fingerprint density at radius 3 is 2.57 bits per heavy atom. The van der Waals surface area contributed by atoms with Crippen LogP contribution in [0.15, 0.2) is 24.3 Å². The second-order valence-corrected chi connectivity index (χ2v) is 5.50. The Balaban J connectivity index is 0.00000200. The lowest BCUT2D eigenvalue weighted by molar-refractivity contribution is -0.121. The van der Waals surface area contributed by atoms with Crippen LogP contribution >= 0.6 is 24.8 Å². The van der Waals surface area contributed by atoms with Gasteiger partial charge < -0.3 is 15.6 Å². The van der Waals surface area contributed by atoms with Crippen molar-refractivity contribution >= 4 is 41.8 Å². The van der Waals surface area contributed by atoms with Crippen LogP contribution in [-0.4, -0.2) is 27.5 Å². The van der Waals surface area contributed by atoms with Gasteiger partial charge in [0.2, 0.25) is 5.91 Å². The van der Waals surface area contributed by atoms with Crippen LogP contribution in [0.25, 0.3) is 11.0 Å². The molecule has 0 saturated carbocycles. The molecule has 7 heteroatoms. The van der Waals surface area contributed by atoms with Gasteiger partial charge in [0.05, 0.1) is 11.0 Å². The summed E-state index contributed by atoms with van der Waals surface area (Å²) in [6.45, 7) is 6.39. The van der Waals surface area contributed by atoms with Gasteiger partial charge in [0.1, 0.15) is 12.4 Å². The summed E-state index contributed by atoms with van der Waals surface area (Å²) in [6, 6.07) is 7.80. The maximum absolute atomic E-state index is 11.9. The number of hydrogen-bond acceptors (Lipinski definition) is 3. The number of aryl methyl sites for hydroxylation is 1. The molecule has 2 rings (SSSR count). The molecule has 0 spiro atoms. The molecule has 0 bridgehead atoms. The summed E-state index contributed by atoms with van der Waals surface area (Å²) in [5.41, 5.74) is 7.33. The highest BCUT2D eigenvalue weighted by atomic mass is 35.5. The number of fused-ring (bicyclic) bond motifs is 1. The number of nitrogens with two attached hydrogens (primary N) is 1. The Bertz CT molecular complexity index is 605. The average Bonchev–Trinajstić information content (AvgIpc) is 2.63. The Hall–Kier alpha value is -1.30. The second kappa shape index (κ2) is 7.64. The summed E-state index contributed by atoms with van der Waals surface area (Å²) in [7, 11) is 0. The molecule has 0 aliphatic heterocycles. The van der Waals surface area contributed by atoms with Gasteiger partial charge in [-0.2, -0.15) is 0 Å². The van der Waals surface area contributed by atoms with Crippen molar-refractivity contribution in [1.29, 1.82) is 0 Å². The van der Waals surface area contributed by atoms with Crippen molar-refractivity contribution in [3.63, 3.8) is 0 Å². The lowest BCUT2D eigenvalue weighted by Crippen LogP contribution is -2.45. The minimum absolute atomic E-state index is 0. The number of para-hydroxylation sites is 2. The molecule has 1 amide bonds. The number of nitrogens with zero attached hydrogens (tertiary/aromatic N) is 2. The quantitative estimate of drug-likeness (QED) is 0.899. The molecule has 1 heterocycles. The van der Waals surface area contributed by atoms with E-state index < -0.39 is 5.54 Å². The minimum atomic E-state index is -0.401. The first-order valence-electron chi connectivity index (χ1n) is 6.34. The smallest absolute Gasteiger partial charge is 0.240 e. The van der Waals surface area contributed by atoms with Crippen molar-refractivity contribution in [1.82, 2.24) is 14.9 Å². The van der Waals surface area contributed by atoms with E-state index in [1.54, 1.807) is 0 Å². The van der Waals surface area contributed by atoms with E-state index in [0.29, 0.717) is 6.54 Å². The Morgan fingerprint density at radius 1 is 1.33 bits per heavy atom. The van der Waals surface area contributed by atoms with Gasteiger partial charge in [0.25, 0.3) is 0 Å². The fourth-order valence-corrected chi connectivity index (χ4v) is 1.92. The molecule has 1 aromatic heterocycles. The molecule has 118 valence electrons. The molecule has 0 radical (unpaired) electrons. The van der Waals surface area contributed by atoms with Crippen molar-refractivity contribution in [2.45, 2.75) is 32.9 Å². The van der Waals surface area contributed by atoms with E-state index in [1.165, 1.54) is 0 Å². The fraction of sp³-hybridized carbons (Fsp3) is 0.429. The van der Waals surface area contributed by atoms with Gasteiger partial charge >= 0.3 is 0 Å². The van der Waals surface area contributed by atoms with Crippen LogP contribution in [0.1, 0.15) is 19.7 Å². The molecule has 0 aliphatic rings. The summed E-state index contributed by atoms with van der Waals surface area (Å²) in [5, 5.41) is 2.84. The number of imidazole rings is 1. The molecule has 0 atom stereocenters. The predicted octanol–water partition coefficient (Wildman–Crippen LogP) is 2.04. The maximum Gasteiger partial charge on any atom is 0.240 e. The minimum Gasteiger partial charge on any atom is -0.353 e. The van der Waals surface area contributed by atoms with Crippen molar-refractivity contribution < 1.29 is 4.79 Å². The Morgan fingerprint density at radius 2 is 1.95 bits per heavy atom. The van der Waals surface area contributed by atoms with Gasteiger partial charge in [-0.05, 0) is 32.9 Å². The summed E-state index contributed by atoms with van der Waals surface area (Å²) >= 11 is 0. The monoisotopic (exact) mass is 332 g/mol. The molecule has 0 saturated heterocycles. The van der Waals surface area contributed by atoms with E-state index in [4.69, 9.17) is 5.73 Å². The fourth-order valence-electron chi connectivity index (χ4n) is 1.92. The van der Waals surface area contributed by atoms with Crippen LogP contribution in [0.4, 0.5) is 0 Å². The van der Waals surface area contributed by atoms with E-state index in [-0.39, 0.29) is 37.3 Å². The first-order valence-corrected chi connectivity index (χ1v) is 6.34. The van der Waals surface area contributed by atoms with Gasteiger partial charge in [0.15, 0.2) is 0 Å². The summed E-state index contributed by atoms with van der Waals surface area (Å²) in [5.74, 6) is 0.785. The van der Waals surface area contributed by atoms with Crippen molar-refractivity contribution in [2.24, 2.45) is 5.73 Å². The molecule has 21 heavy (non-hydrogen) atoms. The predicted molar refractivity (Wildman–Crippen MR) is 90.2 cm³/mol. The lowest BCUT2D eigenvalue weighted by atomic mass is 10.1. The molecule has 1 aromatic carbocycles. The molecule has 2 aromatic rings. The number of aromatic nitrogens is 2. The molecular formula is C14H22Cl2N4O. The highest BCUT2D eigenvalue weighted by molar-refractivity contribution is 5.85. The SMILES string of the molecule is Cc1nc2ccccc2n1CC(=O)NCC(C)(C)N.Cl.Cl. The molecule has 3 N–H and O–H groups in total. The number of hydrogen-bond donors (Lipinski definition) is 2. The zero-order valence-corrected chi connectivity index (χ0v) is 14.1. The standard InChI is InChI=1S/C14H20N4O.2ClH/c1-10-17-11-6-4-5-7-12(11)18(10)8-13(19)16-9-14(2,3)15;;/h4-7H,8-9,15H2,1-3H3,(H,16,19);2*1H. The van der Waals surface area contributed by atoms with Crippen molar-refractivity contribution in [3.8, 4) is 0 Å². The van der Waals surface area contributed by atoms with Gasteiger partial charge in [-0.25, -0.2) is 4.98 Å². The van der Waals surface area contributed by atoms with Crippen molar-refractivity contribution in [2.75, 3.05) is 6.54 Å². The average molecular weight is 333 g/mol. The second-order valence-electron chi connectivity index (χ2n) is 5.50. The zero-order chi connectivity index (χ0) is 14.0. The number of nitrogens with one attached hydrogen (secondary N) is 1. The van der Waals surface area contributed by atoms with Crippen LogP contribution < -0.4 is 11.1 Å². The highest BCUT2D eigenvalue weighted by Crippen LogP contribution is 2.14. The first-order chi connectivity index (χ1) is 8.87. The number of carbonyl (C=O) groups excluding carboxylic acids is 1. The van der Waals surface area contributed by atoms with Gasteiger partial charge in [-0.15, -0.1) is 24.8 Å².